The number of benzene rings is 3. The second kappa shape index (κ2) is 12.0. The van der Waals surface area contributed by atoms with Gasteiger partial charge in [0, 0.05) is 29.6 Å². The van der Waals surface area contributed by atoms with E-state index in [-0.39, 0.29) is 28.6 Å². The Morgan fingerprint density at radius 2 is 1.70 bits per heavy atom. The third-order valence-corrected chi connectivity index (χ3v) is 9.36. The Balaban J connectivity index is 1.55. The van der Waals surface area contributed by atoms with Crippen LogP contribution in [0.3, 0.4) is 0 Å². The van der Waals surface area contributed by atoms with Crippen molar-refractivity contribution in [2.75, 3.05) is 14.2 Å². The molecule has 1 aliphatic rings. The lowest BCUT2D eigenvalue weighted by atomic mass is 9.89. The number of nitrogens with zero attached hydrogens (tertiary/aromatic N) is 1. The molecule has 0 saturated heterocycles. The van der Waals surface area contributed by atoms with Gasteiger partial charge in [0.05, 0.1) is 23.3 Å². The minimum Gasteiger partial charge on any atom is -0.496 e. The Hall–Kier alpha value is -3.33. The van der Waals surface area contributed by atoms with Crippen LogP contribution in [0, 0.1) is 18.6 Å². The lowest BCUT2D eigenvalue weighted by molar-refractivity contribution is 0.0604. The minimum absolute atomic E-state index is 0.0198. The number of aliphatic hydroxyl groups is 1. The third-order valence-electron chi connectivity index (χ3n) is 8.07. The summed E-state index contributed by atoms with van der Waals surface area (Å²) in [6.07, 6.45) is 3.53. The van der Waals surface area contributed by atoms with Crippen molar-refractivity contribution in [3.8, 4) is 16.9 Å². The molecule has 5 rings (SSSR count). The van der Waals surface area contributed by atoms with E-state index >= 15 is 0 Å². The van der Waals surface area contributed by atoms with Crippen LogP contribution in [-0.4, -0.2) is 42.2 Å². The smallest absolute Gasteiger partial charge is 0.264 e. The van der Waals surface area contributed by atoms with Gasteiger partial charge in [-0.05, 0) is 86.2 Å². The lowest BCUT2D eigenvalue weighted by Crippen LogP contribution is -2.44. The molecule has 4 aromatic rings. The number of hydrogen-bond donors (Lipinski definition) is 2. The zero-order valence-electron chi connectivity index (χ0n) is 23.0. The predicted octanol–water partition coefficient (Wildman–Crippen LogP) is 6.83. The number of nitrogens with one attached hydrogen (secondary N) is 1. The summed E-state index contributed by atoms with van der Waals surface area (Å²) in [6, 6.07) is 16.2. The second-order valence-corrected chi connectivity index (χ2v) is 11.4. The topological polar surface area (TPSA) is 61.8 Å². The number of halogens is 2. The first-order valence-corrected chi connectivity index (χ1v) is 14.4. The van der Waals surface area contributed by atoms with Gasteiger partial charge in [-0.1, -0.05) is 30.3 Å². The number of ether oxygens (including phenoxy) is 1. The first kappa shape index (κ1) is 28.2. The maximum Gasteiger partial charge on any atom is 0.264 e. The Labute approximate surface area is 237 Å². The molecule has 1 heterocycles. The molecule has 1 amide bonds. The van der Waals surface area contributed by atoms with E-state index in [1.807, 2.05) is 54.4 Å². The van der Waals surface area contributed by atoms with Gasteiger partial charge in [0.15, 0.2) is 0 Å². The number of carbonyl (C=O) groups excluding carboxylic acids is 1. The number of carbonyl (C=O) groups is 1. The van der Waals surface area contributed by atoms with Gasteiger partial charge < -0.3 is 20.1 Å². The van der Waals surface area contributed by atoms with E-state index < -0.39 is 11.6 Å². The van der Waals surface area contributed by atoms with Crippen molar-refractivity contribution >= 4 is 27.3 Å². The zero-order valence-corrected chi connectivity index (χ0v) is 23.8. The second-order valence-electron chi connectivity index (χ2n) is 10.4. The average molecular weight is 565 g/mol. The van der Waals surface area contributed by atoms with Gasteiger partial charge in [0.25, 0.3) is 5.91 Å². The highest BCUT2D eigenvalue weighted by Gasteiger charge is 2.32. The van der Waals surface area contributed by atoms with Gasteiger partial charge in [-0.15, -0.1) is 11.3 Å². The number of fused-ring (bicyclic) bond motifs is 1. The predicted molar refractivity (Wildman–Crippen MR) is 156 cm³/mol. The standard InChI is InChI=1S/C32H34F2N2O3S/c1-19-29-26(33)13-14-27(34)31(29)40-30(19)32(38)36(25-11-9-24(35-2)10-12-25)17-23-16-22(8-15-28(23)39-3)21-6-4-20(18-37)5-7-21/h4-8,13-16,24-25,35,37H,9-12,17-18H2,1-3H3. The molecule has 1 aromatic heterocycles. The van der Waals surface area contributed by atoms with Gasteiger partial charge in [0.1, 0.15) is 17.4 Å². The number of aryl methyl sites for hydroxylation is 1. The van der Waals surface area contributed by atoms with Crippen molar-refractivity contribution in [1.82, 2.24) is 10.2 Å². The van der Waals surface area contributed by atoms with Crippen LogP contribution in [0.25, 0.3) is 21.2 Å². The quantitative estimate of drug-likeness (QED) is 0.246. The molecule has 0 radical (unpaired) electrons. The summed E-state index contributed by atoms with van der Waals surface area (Å²) >= 11 is 1.02. The van der Waals surface area contributed by atoms with E-state index in [2.05, 4.69) is 5.32 Å². The molecule has 1 saturated carbocycles. The summed E-state index contributed by atoms with van der Waals surface area (Å²) in [5.74, 6) is -0.592. The fourth-order valence-corrected chi connectivity index (χ4v) is 6.90. The summed E-state index contributed by atoms with van der Waals surface area (Å²) in [4.78, 5) is 16.5. The van der Waals surface area contributed by atoms with Crippen LogP contribution < -0.4 is 10.1 Å². The maximum absolute atomic E-state index is 14.7. The number of hydrogen-bond acceptors (Lipinski definition) is 5. The Kier molecular flexibility index (Phi) is 8.49. The molecule has 210 valence electrons. The normalized spacial score (nSPS) is 17.2. The third kappa shape index (κ3) is 5.48. The summed E-state index contributed by atoms with van der Waals surface area (Å²) in [6.45, 7) is 1.98. The maximum atomic E-state index is 14.7. The Morgan fingerprint density at radius 3 is 2.33 bits per heavy atom. The highest BCUT2D eigenvalue weighted by atomic mass is 32.1. The molecule has 3 aromatic carbocycles. The summed E-state index contributed by atoms with van der Waals surface area (Å²) in [5, 5.41) is 12.9. The first-order valence-electron chi connectivity index (χ1n) is 13.6. The monoisotopic (exact) mass is 564 g/mol. The summed E-state index contributed by atoms with van der Waals surface area (Å²) < 4.78 is 35.2. The van der Waals surface area contributed by atoms with Gasteiger partial charge in [-0.3, -0.25) is 4.79 Å². The molecule has 40 heavy (non-hydrogen) atoms. The number of aliphatic hydroxyl groups excluding tert-OH is 1. The van der Waals surface area contributed by atoms with E-state index in [1.165, 1.54) is 0 Å². The summed E-state index contributed by atoms with van der Waals surface area (Å²) in [7, 11) is 3.57. The lowest BCUT2D eigenvalue weighted by Gasteiger charge is -2.37. The van der Waals surface area contributed by atoms with Crippen molar-refractivity contribution in [3.05, 3.63) is 87.8 Å². The van der Waals surface area contributed by atoms with Crippen LogP contribution in [0.15, 0.2) is 54.6 Å². The van der Waals surface area contributed by atoms with E-state index in [9.17, 15) is 18.7 Å². The first-order chi connectivity index (χ1) is 19.3. The van der Waals surface area contributed by atoms with Crippen molar-refractivity contribution in [1.29, 1.82) is 0 Å². The molecule has 0 unspecified atom stereocenters. The highest BCUT2D eigenvalue weighted by Crippen LogP contribution is 2.38. The van der Waals surface area contributed by atoms with Crippen LogP contribution in [0.5, 0.6) is 5.75 Å². The zero-order chi connectivity index (χ0) is 28.4. The van der Waals surface area contributed by atoms with E-state index in [0.29, 0.717) is 28.8 Å². The molecule has 2 N–H and O–H groups in total. The molecule has 0 aliphatic heterocycles. The van der Waals surface area contributed by atoms with Crippen LogP contribution in [-0.2, 0) is 13.2 Å². The van der Waals surface area contributed by atoms with Gasteiger partial charge in [0.2, 0.25) is 0 Å². The largest absolute Gasteiger partial charge is 0.496 e. The van der Waals surface area contributed by atoms with Crippen LogP contribution in [0.2, 0.25) is 0 Å². The van der Waals surface area contributed by atoms with Crippen molar-refractivity contribution in [2.24, 2.45) is 0 Å². The van der Waals surface area contributed by atoms with Crippen LogP contribution in [0.4, 0.5) is 8.78 Å². The van der Waals surface area contributed by atoms with Crippen molar-refractivity contribution in [3.63, 3.8) is 0 Å². The minimum atomic E-state index is -0.522. The number of rotatable bonds is 8. The molecule has 1 fully saturated rings. The molecular weight excluding hydrogens is 530 g/mol. The molecule has 0 bridgehead atoms. The Bertz CT molecular complexity index is 1510. The van der Waals surface area contributed by atoms with Gasteiger partial charge >= 0.3 is 0 Å². The van der Waals surface area contributed by atoms with Crippen LogP contribution >= 0.6 is 11.3 Å². The Morgan fingerprint density at radius 1 is 1.02 bits per heavy atom. The van der Waals surface area contributed by atoms with E-state index in [0.717, 1.165) is 71.4 Å². The molecule has 0 atom stereocenters. The molecule has 8 heteroatoms. The molecule has 5 nitrogen and oxygen atoms in total. The van der Waals surface area contributed by atoms with Gasteiger partial charge in [-0.25, -0.2) is 8.78 Å². The fourth-order valence-electron chi connectivity index (χ4n) is 5.72. The number of thiophene rings is 1. The van der Waals surface area contributed by atoms with E-state index in [1.54, 1.807) is 14.0 Å². The van der Waals surface area contributed by atoms with Gasteiger partial charge in [-0.2, -0.15) is 0 Å². The van der Waals surface area contributed by atoms with Crippen molar-refractivity contribution in [2.45, 2.75) is 57.8 Å². The highest BCUT2D eigenvalue weighted by molar-refractivity contribution is 7.21. The molecular formula is C32H34F2N2O3S. The molecule has 1 aliphatic carbocycles. The average Bonchev–Trinajstić information content (AvgIpc) is 3.35. The van der Waals surface area contributed by atoms with E-state index in [4.69, 9.17) is 4.74 Å². The number of methoxy groups -OCH3 is 1. The van der Waals surface area contributed by atoms with Crippen molar-refractivity contribution < 1.29 is 23.4 Å². The fraction of sp³-hybridized carbons (Fsp3) is 0.344. The molecule has 0 spiro atoms. The summed E-state index contributed by atoms with van der Waals surface area (Å²) in [5.41, 5.74) is 4.11. The SMILES string of the molecule is CNC1CCC(N(Cc2cc(-c3ccc(CO)cc3)ccc2OC)C(=O)c2sc3c(F)ccc(F)c3c2C)CC1. The number of amides is 1. The van der Waals surface area contributed by atoms with Crippen LogP contribution in [0.1, 0.15) is 52.0 Å².